The molecule has 37 heavy (non-hydrogen) atoms. The van der Waals surface area contributed by atoms with Crippen LogP contribution in [0.2, 0.25) is 0 Å². The monoisotopic (exact) mass is 499 g/mol. The van der Waals surface area contributed by atoms with Gasteiger partial charge in [-0.2, -0.15) is 0 Å². The number of carboxylic acids is 1. The van der Waals surface area contributed by atoms with E-state index in [4.69, 9.17) is 0 Å². The quantitative estimate of drug-likeness (QED) is 0.421. The van der Waals surface area contributed by atoms with Crippen molar-refractivity contribution in [3.8, 4) is 0 Å². The summed E-state index contributed by atoms with van der Waals surface area (Å²) in [5, 5.41) is 9.60. The fourth-order valence-electron chi connectivity index (χ4n) is 7.36. The number of hydrogen-bond donors (Lipinski definition) is 1. The Morgan fingerprint density at radius 2 is 1.86 bits per heavy atom. The maximum absolute atomic E-state index is 12.4. The van der Waals surface area contributed by atoms with Crippen molar-refractivity contribution in [2.75, 3.05) is 26.3 Å². The highest BCUT2D eigenvalue weighted by Crippen LogP contribution is 2.48. The number of carboxylic acid groups (broad SMARTS) is 1. The van der Waals surface area contributed by atoms with Crippen molar-refractivity contribution in [2.45, 2.75) is 57.8 Å². The zero-order valence-electron chi connectivity index (χ0n) is 21.7. The second-order valence-electron chi connectivity index (χ2n) is 11.7. The fraction of sp³-hybridized carbons (Fsp3) is 0.485. The predicted molar refractivity (Wildman–Crippen MR) is 147 cm³/mol. The highest BCUT2D eigenvalue weighted by Gasteiger charge is 2.34. The summed E-state index contributed by atoms with van der Waals surface area (Å²) in [6.45, 7) is 2.81. The van der Waals surface area contributed by atoms with Crippen LogP contribution < -0.4 is 0 Å². The van der Waals surface area contributed by atoms with E-state index in [9.17, 15) is 14.3 Å². The van der Waals surface area contributed by atoms with Crippen LogP contribution in [0, 0.1) is 17.8 Å². The average Bonchev–Trinajstić information content (AvgIpc) is 3.43. The fourth-order valence-corrected chi connectivity index (χ4v) is 7.36. The van der Waals surface area contributed by atoms with Gasteiger partial charge in [0, 0.05) is 19.6 Å². The molecule has 3 nitrogen and oxygen atoms in total. The summed E-state index contributed by atoms with van der Waals surface area (Å²) in [5.41, 5.74) is 9.74. The van der Waals surface area contributed by atoms with Gasteiger partial charge in [-0.1, -0.05) is 42.8 Å². The van der Waals surface area contributed by atoms with E-state index in [1.165, 1.54) is 53.5 Å². The first-order chi connectivity index (χ1) is 18.1. The Morgan fingerprint density at radius 3 is 2.62 bits per heavy atom. The van der Waals surface area contributed by atoms with Gasteiger partial charge < -0.3 is 10.0 Å². The molecule has 1 aliphatic heterocycles. The van der Waals surface area contributed by atoms with Crippen LogP contribution in [0.3, 0.4) is 0 Å². The lowest BCUT2D eigenvalue weighted by atomic mass is 9.85. The van der Waals surface area contributed by atoms with E-state index < -0.39 is 5.97 Å². The van der Waals surface area contributed by atoms with Crippen molar-refractivity contribution in [3.05, 3.63) is 87.5 Å². The van der Waals surface area contributed by atoms with Gasteiger partial charge in [-0.15, -0.1) is 0 Å². The molecule has 0 amide bonds. The van der Waals surface area contributed by atoms with E-state index in [2.05, 4.69) is 41.3 Å². The van der Waals surface area contributed by atoms with Gasteiger partial charge in [-0.3, -0.25) is 4.39 Å². The molecule has 194 valence electrons. The van der Waals surface area contributed by atoms with Crippen molar-refractivity contribution < 1.29 is 14.3 Å². The molecule has 2 unspecified atom stereocenters. The molecule has 1 saturated heterocycles. The van der Waals surface area contributed by atoms with Crippen molar-refractivity contribution in [2.24, 2.45) is 17.8 Å². The summed E-state index contributed by atoms with van der Waals surface area (Å²) in [7, 11) is 0. The van der Waals surface area contributed by atoms with Crippen LogP contribution in [0.1, 0.15) is 77.6 Å². The largest absolute Gasteiger partial charge is 0.478 e. The topological polar surface area (TPSA) is 40.5 Å². The van der Waals surface area contributed by atoms with Gasteiger partial charge in [0.05, 0.1) is 12.2 Å². The highest BCUT2D eigenvalue weighted by molar-refractivity contribution is 5.91. The minimum absolute atomic E-state index is 0.223. The Labute approximate surface area is 220 Å². The summed E-state index contributed by atoms with van der Waals surface area (Å²) in [6.07, 6.45) is 12.6. The predicted octanol–water partition coefficient (Wildman–Crippen LogP) is 7.10. The number of hydrogen-bond acceptors (Lipinski definition) is 2. The van der Waals surface area contributed by atoms with Gasteiger partial charge in [0.25, 0.3) is 0 Å². The van der Waals surface area contributed by atoms with Gasteiger partial charge in [0.15, 0.2) is 0 Å². The Balaban J connectivity index is 1.31. The van der Waals surface area contributed by atoms with Crippen LogP contribution in [0.25, 0.3) is 5.57 Å². The maximum Gasteiger partial charge on any atom is 0.335 e. The first-order valence-electron chi connectivity index (χ1n) is 14.3. The molecule has 4 heteroatoms. The summed E-state index contributed by atoms with van der Waals surface area (Å²) in [4.78, 5) is 14.1. The molecule has 4 aliphatic rings. The Kier molecular flexibility index (Phi) is 7.03. The Morgan fingerprint density at radius 1 is 1.03 bits per heavy atom. The normalized spacial score (nSPS) is 23.9. The number of likely N-dealkylation sites (tertiary alicyclic amines) is 1. The number of aromatic carboxylic acids is 1. The number of alkyl halides is 1. The number of halogens is 1. The lowest BCUT2D eigenvalue weighted by molar-refractivity contribution is 0.0696. The molecule has 1 saturated carbocycles. The first-order valence-corrected chi connectivity index (χ1v) is 14.3. The Bertz CT molecular complexity index is 1220. The van der Waals surface area contributed by atoms with E-state index in [1.54, 1.807) is 11.6 Å². The average molecular weight is 500 g/mol. The molecule has 2 atom stereocenters. The first kappa shape index (κ1) is 24.6. The third-order valence-electron chi connectivity index (χ3n) is 9.21. The van der Waals surface area contributed by atoms with E-state index in [-0.39, 0.29) is 6.67 Å². The molecule has 2 aromatic carbocycles. The summed E-state index contributed by atoms with van der Waals surface area (Å²) < 4.78 is 12.4. The molecule has 0 radical (unpaired) electrons. The molecule has 0 aromatic heterocycles. The molecule has 2 aromatic rings. The van der Waals surface area contributed by atoms with Crippen LogP contribution in [0.5, 0.6) is 0 Å². The maximum atomic E-state index is 12.4. The summed E-state index contributed by atoms with van der Waals surface area (Å²) in [5.74, 6) is 1.37. The van der Waals surface area contributed by atoms with Gasteiger partial charge in [0.1, 0.15) is 0 Å². The van der Waals surface area contributed by atoms with Gasteiger partial charge in [-0.05, 0) is 120 Å². The summed E-state index contributed by atoms with van der Waals surface area (Å²) in [6, 6.07) is 14.9. The number of aryl methyl sites for hydroxylation is 1. The molecule has 0 bridgehead atoms. The van der Waals surface area contributed by atoms with Crippen LogP contribution in [-0.2, 0) is 12.8 Å². The second-order valence-corrected chi connectivity index (χ2v) is 11.7. The van der Waals surface area contributed by atoms with Crippen LogP contribution in [-0.4, -0.2) is 42.3 Å². The van der Waals surface area contributed by atoms with Crippen molar-refractivity contribution in [1.82, 2.24) is 4.90 Å². The third-order valence-corrected chi connectivity index (χ3v) is 9.21. The number of fused-ring (bicyclic) bond motifs is 2. The molecule has 2 fully saturated rings. The van der Waals surface area contributed by atoms with Gasteiger partial charge in [-0.25, -0.2) is 4.79 Å². The molecule has 3 aliphatic carbocycles. The lowest BCUT2D eigenvalue weighted by Gasteiger charge is -2.39. The van der Waals surface area contributed by atoms with Crippen molar-refractivity contribution in [1.29, 1.82) is 0 Å². The zero-order chi connectivity index (χ0) is 25.4. The molecule has 1 N–H and O–H groups in total. The van der Waals surface area contributed by atoms with E-state index in [0.29, 0.717) is 17.9 Å². The van der Waals surface area contributed by atoms with Crippen molar-refractivity contribution in [3.63, 3.8) is 0 Å². The molecular formula is C33H38FNO2. The van der Waals surface area contributed by atoms with E-state index in [0.717, 1.165) is 62.7 Å². The zero-order valence-corrected chi connectivity index (χ0v) is 21.7. The third kappa shape index (κ3) is 5.05. The van der Waals surface area contributed by atoms with Gasteiger partial charge >= 0.3 is 5.97 Å². The van der Waals surface area contributed by atoms with Crippen LogP contribution in [0.4, 0.5) is 4.39 Å². The Hall–Kier alpha value is -2.72. The number of rotatable bonds is 8. The number of benzene rings is 2. The highest BCUT2D eigenvalue weighted by atomic mass is 19.1. The minimum Gasteiger partial charge on any atom is -0.478 e. The van der Waals surface area contributed by atoms with Crippen molar-refractivity contribution >= 4 is 11.5 Å². The molecule has 0 spiro atoms. The van der Waals surface area contributed by atoms with Gasteiger partial charge in [0.2, 0.25) is 0 Å². The van der Waals surface area contributed by atoms with E-state index >= 15 is 0 Å². The smallest absolute Gasteiger partial charge is 0.335 e. The second kappa shape index (κ2) is 10.6. The lowest BCUT2D eigenvalue weighted by Crippen LogP contribution is -2.47. The SMILES string of the molecule is O=C(O)c1ccc2c(c1)CCCC(C1=CC3CCCC3C1)=C2c1ccc(CC2CN(CCCF)C2)cc1. The standard InChI is InChI=1S/C33H38FNO2/c34-14-3-15-35-20-23(21-35)16-22-8-10-24(11-9-22)32-30(29-17-25-4-1-5-26(25)18-29)7-2-6-27-19-28(33(36)37)12-13-31(27)32/h8-13,17,19,23,25-26H,1-7,14-16,18,20-21H2,(H,36,37). The van der Waals surface area contributed by atoms with E-state index in [1.807, 2.05) is 6.07 Å². The number of allylic oxidation sites excluding steroid dienone is 3. The number of carbonyl (C=O) groups is 1. The molecule has 1 heterocycles. The number of nitrogens with zero attached hydrogens (tertiary/aromatic N) is 1. The van der Waals surface area contributed by atoms with Crippen LogP contribution >= 0.6 is 0 Å². The minimum atomic E-state index is -0.854. The summed E-state index contributed by atoms with van der Waals surface area (Å²) >= 11 is 0. The molecule has 6 rings (SSSR count). The molecular weight excluding hydrogens is 461 g/mol. The van der Waals surface area contributed by atoms with Crippen LogP contribution in [0.15, 0.2) is 59.7 Å².